The molecule has 8 nitrogen and oxygen atoms in total. The zero-order chi connectivity index (χ0) is 30.0. The molecule has 40 heavy (non-hydrogen) atoms. The zero-order valence-corrected chi connectivity index (χ0v) is 25.5. The van der Waals surface area contributed by atoms with Gasteiger partial charge in [-0.3, -0.25) is 14.6 Å². The van der Waals surface area contributed by atoms with Crippen LogP contribution >= 0.6 is 0 Å². The number of ether oxygens (including phenoxy) is 3. The summed E-state index contributed by atoms with van der Waals surface area (Å²) in [6, 6.07) is 9.83. The number of carbonyl (C=O) groups excluding carboxylic acids is 3. The van der Waals surface area contributed by atoms with E-state index >= 15 is 0 Å². The van der Waals surface area contributed by atoms with Gasteiger partial charge in [-0.05, 0) is 74.8 Å². The topological polar surface area (TPSA) is 95.0 Å². The van der Waals surface area contributed by atoms with Crippen molar-refractivity contribution in [3.63, 3.8) is 0 Å². The number of hydrogen-bond donors (Lipinski definition) is 0. The van der Waals surface area contributed by atoms with E-state index in [9.17, 15) is 14.4 Å². The zero-order valence-electron chi connectivity index (χ0n) is 25.5. The Kier molecular flexibility index (Phi) is 9.02. The van der Waals surface area contributed by atoms with Crippen molar-refractivity contribution < 1.29 is 28.6 Å². The molecule has 1 aromatic heterocycles. The molecule has 1 saturated heterocycles. The highest BCUT2D eigenvalue weighted by atomic mass is 16.6. The van der Waals surface area contributed by atoms with E-state index in [0.29, 0.717) is 23.4 Å². The molecular weight excluding hydrogens is 508 g/mol. The quantitative estimate of drug-likeness (QED) is 0.395. The van der Waals surface area contributed by atoms with Gasteiger partial charge in [0, 0.05) is 11.8 Å². The van der Waals surface area contributed by atoms with Crippen molar-refractivity contribution in [3.8, 4) is 5.75 Å². The second kappa shape index (κ2) is 11.6. The van der Waals surface area contributed by atoms with Crippen molar-refractivity contribution in [2.45, 2.75) is 90.8 Å². The molecule has 1 fully saturated rings. The lowest BCUT2D eigenvalue weighted by atomic mass is 9.83. The molecule has 218 valence electrons. The number of aromatic nitrogens is 1. The SMILES string of the molecule is COC(=O)[C@@H]1C[C@@](CC(C)C)(C(=O)OC(C)(C)C)N(C(=O)c2ccc(C(C)(C)C)c(OC)c2)[C@H]1c1ccccn1. The van der Waals surface area contributed by atoms with Gasteiger partial charge in [-0.15, -0.1) is 0 Å². The third-order valence-electron chi connectivity index (χ3n) is 7.17. The van der Waals surface area contributed by atoms with Gasteiger partial charge < -0.3 is 19.1 Å². The molecule has 1 aliphatic rings. The van der Waals surface area contributed by atoms with Crippen LogP contribution in [0.15, 0.2) is 42.6 Å². The first kappa shape index (κ1) is 31.1. The molecule has 8 heteroatoms. The van der Waals surface area contributed by atoms with Crippen LogP contribution in [0.2, 0.25) is 0 Å². The lowest BCUT2D eigenvalue weighted by Crippen LogP contribution is -2.56. The molecular formula is C32H44N2O6. The Labute approximate surface area is 238 Å². The lowest BCUT2D eigenvalue weighted by Gasteiger charge is -2.41. The minimum absolute atomic E-state index is 0.00130. The van der Waals surface area contributed by atoms with Crippen LogP contribution in [0.3, 0.4) is 0 Å². The Morgan fingerprint density at radius 3 is 2.23 bits per heavy atom. The largest absolute Gasteiger partial charge is 0.496 e. The van der Waals surface area contributed by atoms with Gasteiger partial charge in [-0.2, -0.15) is 0 Å². The monoisotopic (exact) mass is 552 g/mol. The molecule has 1 aromatic carbocycles. The Bertz CT molecular complexity index is 1230. The van der Waals surface area contributed by atoms with Crippen molar-refractivity contribution in [1.29, 1.82) is 0 Å². The summed E-state index contributed by atoms with van der Waals surface area (Å²) < 4.78 is 16.9. The summed E-state index contributed by atoms with van der Waals surface area (Å²) in [5.41, 5.74) is -0.675. The van der Waals surface area contributed by atoms with Gasteiger partial charge in [-0.1, -0.05) is 46.8 Å². The van der Waals surface area contributed by atoms with E-state index in [1.54, 1.807) is 64.4 Å². The van der Waals surface area contributed by atoms with E-state index < -0.39 is 40.9 Å². The number of benzene rings is 1. The smallest absolute Gasteiger partial charge is 0.332 e. The van der Waals surface area contributed by atoms with Crippen LogP contribution < -0.4 is 4.74 Å². The lowest BCUT2D eigenvalue weighted by molar-refractivity contribution is -0.168. The van der Waals surface area contributed by atoms with Crippen LogP contribution in [0.5, 0.6) is 5.75 Å². The van der Waals surface area contributed by atoms with Gasteiger partial charge >= 0.3 is 11.9 Å². The van der Waals surface area contributed by atoms with Crippen molar-refractivity contribution in [3.05, 3.63) is 59.4 Å². The molecule has 0 radical (unpaired) electrons. The summed E-state index contributed by atoms with van der Waals surface area (Å²) >= 11 is 0. The van der Waals surface area contributed by atoms with Crippen LogP contribution in [0.4, 0.5) is 0 Å². The number of pyridine rings is 1. The maximum absolute atomic E-state index is 14.7. The normalized spacial score (nSPS) is 21.3. The third kappa shape index (κ3) is 6.31. The van der Waals surface area contributed by atoms with Crippen LogP contribution in [-0.2, 0) is 24.5 Å². The number of rotatable bonds is 7. The van der Waals surface area contributed by atoms with E-state index in [0.717, 1.165) is 5.56 Å². The maximum atomic E-state index is 14.7. The number of hydrogen-bond acceptors (Lipinski definition) is 7. The highest BCUT2D eigenvalue weighted by Gasteiger charge is 2.62. The third-order valence-corrected chi connectivity index (χ3v) is 7.17. The van der Waals surface area contributed by atoms with Gasteiger partial charge in [0.15, 0.2) is 0 Å². The van der Waals surface area contributed by atoms with Crippen molar-refractivity contribution in [1.82, 2.24) is 9.88 Å². The fraction of sp³-hybridized carbons (Fsp3) is 0.562. The van der Waals surface area contributed by atoms with Crippen molar-refractivity contribution in [2.75, 3.05) is 14.2 Å². The minimum Gasteiger partial charge on any atom is -0.496 e. The van der Waals surface area contributed by atoms with Crippen LogP contribution in [0, 0.1) is 11.8 Å². The Morgan fingerprint density at radius 1 is 1.05 bits per heavy atom. The Balaban J connectivity index is 2.33. The highest BCUT2D eigenvalue weighted by Crippen LogP contribution is 2.51. The first-order valence-electron chi connectivity index (χ1n) is 13.8. The average Bonchev–Trinajstić information content (AvgIpc) is 3.21. The number of nitrogens with zero attached hydrogens (tertiary/aromatic N) is 2. The summed E-state index contributed by atoms with van der Waals surface area (Å²) in [6.45, 7) is 15.6. The van der Waals surface area contributed by atoms with Gasteiger partial charge in [0.1, 0.15) is 16.9 Å². The summed E-state index contributed by atoms with van der Waals surface area (Å²) in [6.07, 6.45) is 1.96. The highest BCUT2D eigenvalue weighted by molar-refractivity contribution is 6.00. The second-order valence-corrected chi connectivity index (χ2v) is 13.0. The Morgan fingerprint density at radius 2 is 1.73 bits per heavy atom. The maximum Gasteiger partial charge on any atom is 0.332 e. The fourth-order valence-electron chi connectivity index (χ4n) is 5.67. The number of esters is 2. The molecule has 0 saturated carbocycles. The summed E-state index contributed by atoms with van der Waals surface area (Å²) in [5.74, 6) is -1.72. The van der Waals surface area contributed by atoms with Crippen molar-refractivity contribution in [2.24, 2.45) is 11.8 Å². The van der Waals surface area contributed by atoms with E-state index in [4.69, 9.17) is 14.2 Å². The summed E-state index contributed by atoms with van der Waals surface area (Å²) in [5, 5.41) is 0. The molecule has 2 aromatic rings. The van der Waals surface area contributed by atoms with E-state index in [2.05, 4.69) is 25.8 Å². The molecule has 1 aliphatic heterocycles. The van der Waals surface area contributed by atoms with E-state index in [1.165, 1.54) is 12.0 Å². The molecule has 1 amide bonds. The van der Waals surface area contributed by atoms with Crippen LogP contribution in [0.1, 0.15) is 95.9 Å². The number of likely N-dealkylation sites (tertiary alicyclic amines) is 1. The number of carbonyl (C=O) groups is 3. The summed E-state index contributed by atoms with van der Waals surface area (Å²) in [4.78, 5) is 48.2. The molecule has 3 atom stereocenters. The molecule has 0 N–H and O–H groups in total. The summed E-state index contributed by atoms with van der Waals surface area (Å²) in [7, 11) is 2.89. The van der Waals surface area contributed by atoms with E-state index in [-0.39, 0.29) is 17.8 Å². The Hall–Kier alpha value is -3.42. The fourth-order valence-corrected chi connectivity index (χ4v) is 5.67. The predicted octanol–water partition coefficient (Wildman–Crippen LogP) is 5.89. The van der Waals surface area contributed by atoms with Gasteiger partial charge in [0.2, 0.25) is 0 Å². The second-order valence-electron chi connectivity index (χ2n) is 13.0. The molecule has 0 spiro atoms. The van der Waals surface area contributed by atoms with Crippen LogP contribution in [-0.4, -0.2) is 53.1 Å². The number of methoxy groups -OCH3 is 2. The first-order valence-corrected chi connectivity index (χ1v) is 13.8. The molecule has 0 bridgehead atoms. The average molecular weight is 553 g/mol. The van der Waals surface area contributed by atoms with E-state index in [1.807, 2.05) is 19.9 Å². The molecule has 0 unspecified atom stereocenters. The number of amides is 1. The van der Waals surface area contributed by atoms with Crippen LogP contribution in [0.25, 0.3) is 0 Å². The standard InChI is InChI=1S/C32H44N2O6/c1-20(2)18-32(29(37)40-31(6,7)8)19-22(28(36)39-10)26(24-13-11-12-16-33-24)34(32)27(35)21-14-15-23(30(3,4)5)25(17-21)38-9/h11-17,20,22,26H,18-19H2,1-10H3/t22-,26-,32+/m1/s1. The predicted molar refractivity (Wildman–Crippen MR) is 153 cm³/mol. The van der Waals surface area contributed by atoms with Crippen molar-refractivity contribution >= 4 is 17.8 Å². The first-order chi connectivity index (χ1) is 18.6. The molecule has 3 rings (SSSR count). The minimum atomic E-state index is -1.44. The molecule has 0 aliphatic carbocycles. The van der Waals surface area contributed by atoms with Gasteiger partial charge in [-0.25, -0.2) is 4.79 Å². The molecule has 2 heterocycles. The van der Waals surface area contributed by atoms with Gasteiger partial charge in [0.25, 0.3) is 5.91 Å². The van der Waals surface area contributed by atoms with Gasteiger partial charge in [0.05, 0.1) is 31.9 Å².